The highest BCUT2D eigenvalue weighted by atomic mass is 32.2. The van der Waals surface area contributed by atoms with E-state index in [4.69, 9.17) is 4.18 Å². The van der Waals surface area contributed by atoms with Crippen molar-refractivity contribution in [2.24, 2.45) is 0 Å². The number of aromatic nitrogens is 1. The lowest BCUT2D eigenvalue weighted by atomic mass is 10.1. The second-order valence-electron chi connectivity index (χ2n) is 4.63. The molecule has 0 saturated carbocycles. The first kappa shape index (κ1) is 13.9. The van der Waals surface area contributed by atoms with Crippen molar-refractivity contribution in [3.05, 3.63) is 54.6 Å². The summed E-state index contributed by atoms with van der Waals surface area (Å²) in [5.74, 6) is 0. The molecule has 5 heteroatoms. The van der Waals surface area contributed by atoms with Crippen LogP contribution in [0.25, 0.3) is 22.2 Å². The van der Waals surface area contributed by atoms with Crippen LogP contribution in [0.5, 0.6) is 0 Å². The molecule has 0 aliphatic rings. The quantitative estimate of drug-likeness (QED) is 0.750. The minimum atomic E-state index is -3.75. The Labute approximate surface area is 123 Å². The smallest absolute Gasteiger partial charge is 0.297 e. The first-order valence-corrected chi connectivity index (χ1v) is 8.09. The van der Waals surface area contributed by atoms with Gasteiger partial charge in [0.25, 0.3) is 10.1 Å². The van der Waals surface area contributed by atoms with Gasteiger partial charge in [0.2, 0.25) is 0 Å². The molecule has 3 aromatic rings. The summed E-state index contributed by atoms with van der Waals surface area (Å²) in [5.41, 5.74) is 2.34. The molecule has 0 amide bonds. The summed E-state index contributed by atoms with van der Waals surface area (Å²) >= 11 is 0. The zero-order valence-electron chi connectivity index (χ0n) is 11.5. The van der Waals surface area contributed by atoms with Crippen LogP contribution in [0.15, 0.2) is 59.5 Å². The molecular weight excluding hydrogens is 286 g/mol. The number of rotatable bonds is 4. The number of H-pyrrole nitrogens is 1. The van der Waals surface area contributed by atoms with Gasteiger partial charge in [0.1, 0.15) is 4.90 Å². The molecule has 0 aliphatic carbocycles. The standard InChI is InChI=1S/C16H15NO3S/c1-2-20-21(18,19)16-10-6-4-8-13(16)15-11-12-7-3-5-9-14(12)17-15/h3-11,17H,2H2,1H3. The fraction of sp³-hybridized carbons (Fsp3) is 0.125. The van der Waals surface area contributed by atoms with E-state index >= 15 is 0 Å². The zero-order chi connectivity index (χ0) is 14.9. The van der Waals surface area contributed by atoms with Crippen LogP contribution in [0.1, 0.15) is 6.92 Å². The van der Waals surface area contributed by atoms with E-state index < -0.39 is 10.1 Å². The van der Waals surface area contributed by atoms with Crippen molar-refractivity contribution >= 4 is 21.0 Å². The molecule has 4 nitrogen and oxygen atoms in total. The van der Waals surface area contributed by atoms with Crippen LogP contribution >= 0.6 is 0 Å². The molecule has 3 rings (SSSR count). The summed E-state index contributed by atoms with van der Waals surface area (Å²) in [5, 5.41) is 1.04. The Balaban J connectivity index is 2.19. The summed E-state index contributed by atoms with van der Waals surface area (Å²) in [6.07, 6.45) is 0. The van der Waals surface area contributed by atoms with Gasteiger partial charge in [-0.05, 0) is 25.1 Å². The third kappa shape index (κ3) is 2.57. The van der Waals surface area contributed by atoms with E-state index in [0.717, 1.165) is 16.6 Å². The lowest BCUT2D eigenvalue weighted by Gasteiger charge is -2.08. The van der Waals surface area contributed by atoms with Gasteiger partial charge in [-0.15, -0.1) is 0 Å². The minimum Gasteiger partial charge on any atom is -0.354 e. The Morgan fingerprint density at radius 3 is 2.52 bits per heavy atom. The van der Waals surface area contributed by atoms with Gasteiger partial charge < -0.3 is 4.98 Å². The maximum Gasteiger partial charge on any atom is 0.297 e. The molecule has 2 aromatic carbocycles. The first-order chi connectivity index (χ1) is 10.1. The lowest BCUT2D eigenvalue weighted by molar-refractivity contribution is 0.338. The topological polar surface area (TPSA) is 59.2 Å². The Bertz CT molecular complexity index is 848. The Kier molecular flexibility index (Phi) is 3.53. The number of fused-ring (bicyclic) bond motifs is 1. The number of hydrogen-bond donors (Lipinski definition) is 1. The van der Waals surface area contributed by atoms with Crippen LogP contribution in [0.3, 0.4) is 0 Å². The summed E-state index contributed by atoms with van der Waals surface area (Å²) in [6.45, 7) is 1.77. The summed E-state index contributed by atoms with van der Waals surface area (Å²) in [4.78, 5) is 3.43. The van der Waals surface area contributed by atoms with Crippen molar-refractivity contribution in [2.45, 2.75) is 11.8 Å². The summed E-state index contributed by atoms with van der Waals surface area (Å²) in [7, 11) is -3.75. The van der Waals surface area contributed by atoms with Gasteiger partial charge in [-0.1, -0.05) is 36.4 Å². The monoisotopic (exact) mass is 301 g/mol. The van der Waals surface area contributed by atoms with Crippen LogP contribution in [0.4, 0.5) is 0 Å². The van der Waals surface area contributed by atoms with Crippen LogP contribution in [0.2, 0.25) is 0 Å². The van der Waals surface area contributed by atoms with Crippen molar-refractivity contribution in [1.82, 2.24) is 4.98 Å². The largest absolute Gasteiger partial charge is 0.354 e. The number of benzene rings is 2. The van der Waals surface area contributed by atoms with Crippen molar-refractivity contribution < 1.29 is 12.6 Å². The predicted octanol–water partition coefficient (Wildman–Crippen LogP) is 3.56. The Morgan fingerprint density at radius 2 is 1.76 bits per heavy atom. The van der Waals surface area contributed by atoms with E-state index in [1.54, 1.807) is 25.1 Å². The average Bonchev–Trinajstić information content (AvgIpc) is 2.91. The third-order valence-corrected chi connectivity index (χ3v) is 4.69. The molecule has 0 fully saturated rings. The second kappa shape index (κ2) is 5.35. The molecule has 0 unspecified atom stereocenters. The maximum atomic E-state index is 12.2. The van der Waals surface area contributed by atoms with Crippen LogP contribution in [0, 0.1) is 0 Å². The molecule has 0 atom stereocenters. The van der Waals surface area contributed by atoms with E-state index in [0.29, 0.717) is 5.56 Å². The number of hydrogen-bond acceptors (Lipinski definition) is 3. The van der Waals surface area contributed by atoms with Gasteiger partial charge in [-0.2, -0.15) is 8.42 Å². The van der Waals surface area contributed by atoms with Crippen LogP contribution < -0.4 is 0 Å². The number of para-hydroxylation sites is 1. The van der Waals surface area contributed by atoms with Crippen molar-refractivity contribution in [2.75, 3.05) is 6.61 Å². The Hall–Kier alpha value is -2.11. The molecule has 1 heterocycles. The van der Waals surface area contributed by atoms with E-state index in [-0.39, 0.29) is 11.5 Å². The van der Waals surface area contributed by atoms with Crippen molar-refractivity contribution in [3.8, 4) is 11.3 Å². The SMILES string of the molecule is CCOS(=O)(=O)c1ccccc1-c1cc2ccccc2[nH]1. The van der Waals surface area contributed by atoms with Crippen molar-refractivity contribution in [1.29, 1.82) is 0 Å². The van der Waals surface area contributed by atoms with E-state index in [1.165, 1.54) is 0 Å². The summed E-state index contributed by atoms with van der Waals surface area (Å²) < 4.78 is 29.3. The third-order valence-electron chi connectivity index (χ3n) is 3.25. The van der Waals surface area contributed by atoms with Crippen LogP contribution in [-0.4, -0.2) is 20.0 Å². The van der Waals surface area contributed by atoms with E-state index in [2.05, 4.69) is 4.98 Å². The molecule has 0 saturated heterocycles. The molecule has 0 spiro atoms. The van der Waals surface area contributed by atoms with Crippen molar-refractivity contribution in [3.63, 3.8) is 0 Å². The molecule has 1 aromatic heterocycles. The summed E-state index contributed by atoms with van der Waals surface area (Å²) in [6, 6.07) is 16.6. The molecule has 0 bridgehead atoms. The van der Waals surface area contributed by atoms with E-state index in [1.807, 2.05) is 36.4 Å². The van der Waals surface area contributed by atoms with Gasteiger partial charge in [0, 0.05) is 22.2 Å². The van der Waals surface area contributed by atoms with E-state index in [9.17, 15) is 8.42 Å². The van der Waals surface area contributed by atoms with Gasteiger partial charge >= 0.3 is 0 Å². The minimum absolute atomic E-state index is 0.114. The lowest BCUT2D eigenvalue weighted by Crippen LogP contribution is -2.07. The molecular formula is C16H15NO3S. The highest BCUT2D eigenvalue weighted by molar-refractivity contribution is 7.87. The highest BCUT2D eigenvalue weighted by Gasteiger charge is 2.20. The second-order valence-corrected chi connectivity index (χ2v) is 6.21. The molecule has 0 aliphatic heterocycles. The maximum absolute atomic E-state index is 12.2. The molecule has 0 radical (unpaired) electrons. The average molecular weight is 301 g/mol. The van der Waals surface area contributed by atoms with Gasteiger partial charge in [0.05, 0.1) is 6.61 Å². The van der Waals surface area contributed by atoms with Gasteiger partial charge in [-0.3, -0.25) is 4.18 Å². The fourth-order valence-corrected chi connectivity index (χ4v) is 3.47. The fourth-order valence-electron chi connectivity index (χ4n) is 2.34. The van der Waals surface area contributed by atoms with Gasteiger partial charge in [-0.25, -0.2) is 0 Å². The van der Waals surface area contributed by atoms with Crippen LogP contribution in [-0.2, 0) is 14.3 Å². The molecule has 1 N–H and O–H groups in total. The molecule has 21 heavy (non-hydrogen) atoms. The highest BCUT2D eigenvalue weighted by Crippen LogP contribution is 2.30. The van der Waals surface area contributed by atoms with Gasteiger partial charge in [0.15, 0.2) is 0 Å². The zero-order valence-corrected chi connectivity index (χ0v) is 12.4. The predicted molar refractivity (Wildman–Crippen MR) is 82.5 cm³/mol. The number of nitrogens with one attached hydrogen (secondary N) is 1. The number of aromatic amines is 1. The normalized spacial score (nSPS) is 11.9. The Morgan fingerprint density at radius 1 is 1.05 bits per heavy atom. The first-order valence-electron chi connectivity index (χ1n) is 6.68. The molecule has 108 valence electrons.